The van der Waals surface area contributed by atoms with Gasteiger partial charge < -0.3 is 5.11 Å². The summed E-state index contributed by atoms with van der Waals surface area (Å²) in [6.07, 6.45) is 2.27. The molecular formula is C16H21NO3S. The van der Waals surface area contributed by atoms with Crippen LogP contribution < -0.4 is 0 Å². The number of rotatable bonds is 4. The first-order chi connectivity index (χ1) is 10.1. The van der Waals surface area contributed by atoms with Gasteiger partial charge in [0.1, 0.15) is 0 Å². The molecule has 4 nitrogen and oxygen atoms in total. The van der Waals surface area contributed by atoms with E-state index in [1.807, 2.05) is 0 Å². The van der Waals surface area contributed by atoms with Crippen molar-refractivity contribution < 1.29 is 13.5 Å². The van der Waals surface area contributed by atoms with Crippen molar-refractivity contribution in [1.82, 2.24) is 4.31 Å². The molecule has 1 aromatic rings. The van der Waals surface area contributed by atoms with E-state index >= 15 is 0 Å². The molecule has 1 saturated heterocycles. The second kappa shape index (κ2) is 7.08. The zero-order chi connectivity index (χ0) is 15.3. The SMILES string of the molecule is CCC1CCN(S(=O)(=O)c2ccccc2C#CCCO)C1. The summed E-state index contributed by atoms with van der Waals surface area (Å²) in [6.45, 7) is 3.25. The summed E-state index contributed by atoms with van der Waals surface area (Å²) in [5, 5.41) is 8.77. The minimum atomic E-state index is -3.48. The predicted octanol–water partition coefficient (Wildman–Crippen LogP) is 1.84. The molecule has 1 fully saturated rings. The van der Waals surface area contributed by atoms with Crippen molar-refractivity contribution in [3.63, 3.8) is 0 Å². The van der Waals surface area contributed by atoms with Crippen LogP contribution in [0.5, 0.6) is 0 Å². The Morgan fingerprint density at radius 2 is 2.14 bits per heavy atom. The molecule has 1 unspecified atom stereocenters. The minimum absolute atomic E-state index is 0.0216. The van der Waals surface area contributed by atoms with Crippen LogP contribution in [0.3, 0.4) is 0 Å². The fourth-order valence-corrected chi connectivity index (χ4v) is 4.17. The lowest BCUT2D eigenvalue weighted by atomic mass is 10.1. The predicted molar refractivity (Wildman–Crippen MR) is 82.2 cm³/mol. The van der Waals surface area contributed by atoms with Crippen LogP contribution in [-0.4, -0.2) is 37.5 Å². The van der Waals surface area contributed by atoms with E-state index in [4.69, 9.17) is 5.11 Å². The number of sulfonamides is 1. The van der Waals surface area contributed by atoms with Crippen LogP contribution in [0.4, 0.5) is 0 Å². The van der Waals surface area contributed by atoms with Gasteiger partial charge in [0.25, 0.3) is 0 Å². The molecular weight excluding hydrogens is 286 g/mol. The van der Waals surface area contributed by atoms with Gasteiger partial charge in [-0.15, -0.1) is 0 Å². The third-order valence-electron chi connectivity index (χ3n) is 3.79. The highest BCUT2D eigenvalue weighted by atomic mass is 32.2. The van der Waals surface area contributed by atoms with Gasteiger partial charge >= 0.3 is 0 Å². The molecule has 0 radical (unpaired) electrons. The molecule has 0 amide bonds. The summed E-state index contributed by atoms with van der Waals surface area (Å²) in [5.74, 6) is 6.10. The topological polar surface area (TPSA) is 57.6 Å². The quantitative estimate of drug-likeness (QED) is 0.864. The first-order valence-electron chi connectivity index (χ1n) is 7.28. The highest BCUT2D eigenvalue weighted by Gasteiger charge is 2.32. The van der Waals surface area contributed by atoms with Gasteiger partial charge in [0, 0.05) is 25.1 Å². The Kier molecular flexibility index (Phi) is 5.40. The lowest BCUT2D eigenvalue weighted by Crippen LogP contribution is -2.29. The number of nitrogens with zero attached hydrogens (tertiary/aromatic N) is 1. The molecule has 21 heavy (non-hydrogen) atoms. The van der Waals surface area contributed by atoms with Crippen molar-refractivity contribution in [1.29, 1.82) is 0 Å². The summed E-state index contributed by atoms with van der Waals surface area (Å²) in [7, 11) is -3.48. The standard InChI is InChI=1S/C16H21NO3S/c1-2-14-10-11-17(13-14)21(19,20)16-9-4-3-7-15(16)8-5-6-12-18/h3-4,7,9,14,18H,2,6,10-13H2,1H3. The van der Waals surface area contributed by atoms with Gasteiger partial charge in [-0.3, -0.25) is 0 Å². The maximum Gasteiger partial charge on any atom is 0.244 e. The monoisotopic (exact) mass is 307 g/mol. The Morgan fingerprint density at radius 1 is 1.38 bits per heavy atom. The Hall–Kier alpha value is -1.35. The third kappa shape index (κ3) is 3.65. The number of aliphatic hydroxyl groups is 1. The number of hydrogen-bond acceptors (Lipinski definition) is 3. The van der Waals surface area contributed by atoms with Crippen LogP contribution in [-0.2, 0) is 10.0 Å². The molecule has 0 aromatic heterocycles. The molecule has 1 aliphatic heterocycles. The summed E-state index contributed by atoms with van der Waals surface area (Å²) >= 11 is 0. The molecule has 0 saturated carbocycles. The summed E-state index contributed by atoms with van der Waals surface area (Å²) in [5.41, 5.74) is 0.505. The van der Waals surface area contributed by atoms with Crippen molar-refractivity contribution in [2.45, 2.75) is 31.1 Å². The zero-order valence-corrected chi connectivity index (χ0v) is 13.1. The molecule has 1 atom stereocenters. The van der Waals surface area contributed by atoms with E-state index in [1.165, 1.54) is 0 Å². The average Bonchev–Trinajstić information content (AvgIpc) is 2.98. The lowest BCUT2D eigenvalue weighted by molar-refractivity contribution is 0.305. The fraction of sp³-hybridized carbons (Fsp3) is 0.500. The smallest absolute Gasteiger partial charge is 0.244 e. The Balaban J connectivity index is 2.31. The first kappa shape index (κ1) is 16.0. The van der Waals surface area contributed by atoms with Crippen molar-refractivity contribution >= 4 is 10.0 Å². The molecule has 1 aromatic carbocycles. The van der Waals surface area contributed by atoms with Crippen LogP contribution in [0.25, 0.3) is 0 Å². The molecule has 114 valence electrons. The second-order valence-corrected chi connectivity index (χ2v) is 7.10. The second-order valence-electron chi connectivity index (χ2n) is 5.20. The highest BCUT2D eigenvalue weighted by Crippen LogP contribution is 2.27. The van der Waals surface area contributed by atoms with E-state index in [1.54, 1.807) is 28.6 Å². The molecule has 1 N–H and O–H groups in total. The van der Waals surface area contributed by atoms with E-state index in [-0.39, 0.29) is 11.5 Å². The highest BCUT2D eigenvalue weighted by molar-refractivity contribution is 7.89. The lowest BCUT2D eigenvalue weighted by Gasteiger charge is -2.17. The third-order valence-corrected chi connectivity index (χ3v) is 5.71. The molecule has 2 rings (SSSR count). The van der Waals surface area contributed by atoms with Gasteiger partial charge in [-0.1, -0.05) is 37.3 Å². The normalized spacial score (nSPS) is 19.2. The number of hydrogen-bond donors (Lipinski definition) is 1. The maximum absolute atomic E-state index is 12.8. The summed E-state index contributed by atoms with van der Waals surface area (Å²) in [6, 6.07) is 6.82. The zero-order valence-electron chi connectivity index (χ0n) is 12.2. The van der Waals surface area contributed by atoms with Gasteiger partial charge in [0.05, 0.1) is 11.5 Å². The molecule has 5 heteroatoms. The van der Waals surface area contributed by atoms with Crippen LogP contribution in [0.15, 0.2) is 29.2 Å². The van der Waals surface area contributed by atoms with Crippen LogP contribution in [0.1, 0.15) is 31.7 Å². The summed E-state index contributed by atoms with van der Waals surface area (Å²) < 4.78 is 27.1. The Labute approximate surface area is 126 Å². The molecule has 0 bridgehead atoms. The first-order valence-corrected chi connectivity index (χ1v) is 8.72. The average molecular weight is 307 g/mol. The van der Waals surface area contributed by atoms with Crippen LogP contribution in [0, 0.1) is 17.8 Å². The van der Waals surface area contributed by atoms with Crippen LogP contribution in [0.2, 0.25) is 0 Å². The van der Waals surface area contributed by atoms with Gasteiger partial charge in [-0.05, 0) is 24.5 Å². The van der Waals surface area contributed by atoms with Gasteiger partial charge in [0.2, 0.25) is 10.0 Å². The van der Waals surface area contributed by atoms with E-state index in [0.29, 0.717) is 31.0 Å². The van der Waals surface area contributed by atoms with E-state index in [2.05, 4.69) is 18.8 Å². The van der Waals surface area contributed by atoms with Gasteiger partial charge in [0.15, 0.2) is 0 Å². The van der Waals surface area contributed by atoms with E-state index in [9.17, 15) is 8.42 Å². The summed E-state index contributed by atoms with van der Waals surface area (Å²) in [4.78, 5) is 0.271. The van der Waals surface area contributed by atoms with Crippen molar-refractivity contribution in [2.75, 3.05) is 19.7 Å². The Bertz CT molecular complexity index is 643. The van der Waals surface area contributed by atoms with Crippen molar-refractivity contribution in [3.05, 3.63) is 29.8 Å². The molecule has 1 aliphatic rings. The van der Waals surface area contributed by atoms with Crippen molar-refractivity contribution in [2.24, 2.45) is 5.92 Å². The minimum Gasteiger partial charge on any atom is -0.395 e. The van der Waals surface area contributed by atoms with Crippen molar-refractivity contribution in [3.8, 4) is 11.8 Å². The largest absolute Gasteiger partial charge is 0.395 e. The van der Waals surface area contributed by atoms with Gasteiger partial charge in [-0.2, -0.15) is 4.31 Å². The van der Waals surface area contributed by atoms with E-state index in [0.717, 1.165) is 12.8 Å². The maximum atomic E-state index is 12.8. The molecule has 1 heterocycles. The molecule has 0 aliphatic carbocycles. The molecule has 0 spiro atoms. The number of benzene rings is 1. The van der Waals surface area contributed by atoms with Crippen LogP contribution >= 0.6 is 0 Å². The number of aliphatic hydroxyl groups excluding tert-OH is 1. The van der Waals surface area contributed by atoms with E-state index < -0.39 is 10.0 Å². The fourth-order valence-electron chi connectivity index (χ4n) is 2.50. The van der Waals surface area contributed by atoms with Gasteiger partial charge in [-0.25, -0.2) is 8.42 Å². The Morgan fingerprint density at radius 3 is 2.81 bits per heavy atom.